The van der Waals surface area contributed by atoms with Crippen LogP contribution in [0.1, 0.15) is 26.3 Å². The number of carbonyl (C=O) groups is 3. The molecule has 0 aliphatic carbocycles. The van der Waals surface area contributed by atoms with Crippen LogP contribution in [-0.2, 0) is 30.3 Å². The van der Waals surface area contributed by atoms with Crippen molar-refractivity contribution in [3.05, 3.63) is 29.8 Å². The summed E-state index contributed by atoms with van der Waals surface area (Å²) in [5, 5.41) is 2.65. The number of anilines is 1. The summed E-state index contributed by atoms with van der Waals surface area (Å²) in [6, 6.07) is 6.90. The first-order valence-electron chi connectivity index (χ1n) is 8.29. The van der Waals surface area contributed by atoms with Gasteiger partial charge in [-0.2, -0.15) is 0 Å². The highest BCUT2D eigenvalue weighted by molar-refractivity contribution is 5.88. The van der Waals surface area contributed by atoms with Crippen molar-refractivity contribution in [3.8, 4) is 0 Å². The van der Waals surface area contributed by atoms with Crippen molar-refractivity contribution in [2.24, 2.45) is 0 Å². The van der Waals surface area contributed by atoms with Gasteiger partial charge >= 0.3 is 5.97 Å². The second-order valence-corrected chi connectivity index (χ2v) is 6.27. The Morgan fingerprint density at radius 2 is 1.76 bits per heavy atom. The summed E-state index contributed by atoms with van der Waals surface area (Å²) in [7, 11) is 0. The van der Waals surface area contributed by atoms with Crippen molar-refractivity contribution in [3.63, 3.8) is 0 Å². The van der Waals surface area contributed by atoms with Crippen molar-refractivity contribution in [2.45, 2.75) is 39.4 Å². The van der Waals surface area contributed by atoms with E-state index >= 15 is 0 Å². The van der Waals surface area contributed by atoms with Crippen LogP contribution in [0.2, 0.25) is 0 Å². The molecule has 2 amide bonds. The Bertz CT molecular complexity index is 619. The molecule has 2 atom stereocenters. The fourth-order valence-corrected chi connectivity index (χ4v) is 2.74. The van der Waals surface area contributed by atoms with Gasteiger partial charge in [0.15, 0.2) is 6.61 Å². The number of morpholine rings is 1. The van der Waals surface area contributed by atoms with Crippen LogP contribution in [0.3, 0.4) is 0 Å². The molecule has 1 aliphatic rings. The Balaban J connectivity index is 1.78. The van der Waals surface area contributed by atoms with Gasteiger partial charge in [0.2, 0.25) is 5.91 Å². The van der Waals surface area contributed by atoms with E-state index in [0.717, 1.165) is 5.56 Å². The molecule has 0 bridgehead atoms. The van der Waals surface area contributed by atoms with E-state index in [1.54, 1.807) is 29.2 Å². The fraction of sp³-hybridized carbons (Fsp3) is 0.500. The largest absolute Gasteiger partial charge is 0.455 e. The van der Waals surface area contributed by atoms with Gasteiger partial charge in [0.25, 0.3) is 5.91 Å². The predicted octanol–water partition coefficient (Wildman–Crippen LogP) is 1.37. The van der Waals surface area contributed by atoms with Gasteiger partial charge in [-0.15, -0.1) is 0 Å². The average Bonchev–Trinajstić information content (AvgIpc) is 2.53. The molecule has 0 saturated carbocycles. The summed E-state index contributed by atoms with van der Waals surface area (Å²) in [6.07, 6.45) is 0.0276. The first-order chi connectivity index (χ1) is 11.8. The molecule has 1 aliphatic heterocycles. The number of nitrogens with zero attached hydrogens (tertiary/aromatic N) is 1. The quantitative estimate of drug-likeness (QED) is 0.813. The van der Waals surface area contributed by atoms with Gasteiger partial charge in [0, 0.05) is 25.7 Å². The number of amides is 2. The molecule has 1 aromatic carbocycles. The predicted molar refractivity (Wildman–Crippen MR) is 92.0 cm³/mol. The summed E-state index contributed by atoms with van der Waals surface area (Å²) >= 11 is 0. The van der Waals surface area contributed by atoms with E-state index in [1.165, 1.54) is 6.92 Å². The number of benzene rings is 1. The molecule has 7 heteroatoms. The van der Waals surface area contributed by atoms with Crippen molar-refractivity contribution in [1.82, 2.24) is 4.90 Å². The van der Waals surface area contributed by atoms with Crippen LogP contribution in [0.4, 0.5) is 5.69 Å². The van der Waals surface area contributed by atoms with Gasteiger partial charge in [0.05, 0.1) is 18.6 Å². The normalized spacial score (nSPS) is 20.0. The van der Waals surface area contributed by atoms with E-state index in [4.69, 9.17) is 9.47 Å². The van der Waals surface area contributed by atoms with Gasteiger partial charge in [-0.1, -0.05) is 12.1 Å². The standard InChI is InChI=1S/C18H24N2O5/c1-12-9-20(10-13(2)25-12)17(22)11-24-18(23)8-15-4-6-16(7-5-15)19-14(3)21/h4-7,12-13H,8-11H2,1-3H3,(H,19,21)/t12-,13-/m0/s1. The Morgan fingerprint density at radius 3 is 2.32 bits per heavy atom. The Labute approximate surface area is 147 Å². The van der Waals surface area contributed by atoms with Crippen molar-refractivity contribution < 1.29 is 23.9 Å². The minimum absolute atomic E-state index is 0.0227. The topological polar surface area (TPSA) is 84.9 Å². The summed E-state index contributed by atoms with van der Waals surface area (Å²) in [6.45, 7) is 6.00. The molecule has 0 radical (unpaired) electrons. The molecular weight excluding hydrogens is 324 g/mol. The van der Waals surface area contributed by atoms with Gasteiger partial charge in [-0.05, 0) is 31.5 Å². The first kappa shape index (κ1) is 18.9. The van der Waals surface area contributed by atoms with E-state index < -0.39 is 5.97 Å². The zero-order valence-electron chi connectivity index (χ0n) is 14.8. The molecule has 0 unspecified atom stereocenters. The lowest BCUT2D eigenvalue weighted by Gasteiger charge is -2.35. The molecular formula is C18H24N2O5. The third kappa shape index (κ3) is 6.19. The molecule has 1 saturated heterocycles. The van der Waals surface area contributed by atoms with Crippen LogP contribution < -0.4 is 5.32 Å². The van der Waals surface area contributed by atoms with Gasteiger partial charge in [-0.25, -0.2) is 0 Å². The minimum Gasteiger partial charge on any atom is -0.455 e. The highest BCUT2D eigenvalue weighted by Crippen LogP contribution is 2.12. The molecule has 1 fully saturated rings. The highest BCUT2D eigenvalue weighted by atomic mass is 16.5. The summed E-state index contributed by atoms with van der Waals surface area (Å²) in [5.74, 6) is -0.830. The van der Waals surface area contributed by atoms with Gasteiger partial charge in [-0.3, -0.25) is 14.4 Å². The van der Waals surface area contributed by atoms with E-state index in [9.17, 15) is 14.4 Å². The van der Waals surface area contributed by atoms with Crippen LogP contribution >= 0.6 is 0 Å². The number of rotatable bonds is 5. The maximum Gasteiger partial charge on any atom is 0.310 e. The van der Waals surface area contributed by atoms with Crippen molar-refractivity contribution in [2.75, 3.05) is 25.0 Å². The summed E-state index contributed by atoms with van der Waals surface area (Å²) in [4.78, 5) is 36.7. The molecule has 0 spiro atoms. The van der Waals surface area contributed by atoms with Gasteiger partial charge in [0.1, 0.15) is 0 Å². The highest BCUT2D eigenvalue weighted by Gasteiger charge is 2.26. The van der Waals surface area contributed by atoms with E-state index in [1.807, 2.05) is 13.8 Å². The smallest absolute Gasteiger partial charge is 0.310 e. The molecule has 1 N–H and O–H groups in total. The zero-order valence-corrected chi connectivity index (χ0v) is 14.8. The molecule has 7 nitrogen and oxygen atoms in total. The molecule has 0 aromatic heterocycles. The number of nitrogens with one attached hydrogen (secondary N) is 1. The van der Waals surface area contributed by atoms with Crippen molar-refractivity contribution in [1.29, 1.82) is 0 Å². The van der Waals surface area contributed by atoms with Gasteiger partial charge < -0.3 is 19.7 Å². The van der Waals surface area contributed by atoms with E-state index in [0.29, 0.717) is 18.8 Å². The molecule has 25 heavy (non-hydrogen) atoms. The number of hydrogen-bond donors (Lipinski definition) is 1. The lowest BCUT2D eigenvalue weighted by atomic mass is 10.1. The molecule has 1 aromatic rings. The second kappa shape index (κ2) is 8.62. The van der Waals surface area contributed by atoms with Crippen LogP contribution in [-0.4, -0.2) is 54.6 Å². The lowest BCUT2D eigenvalue weighted by Crippen LogP contribution is -2.49. The zero-order chi connectivity index (χ0) is 18.4. The number of carbonyl (C=O) groups excluding carboxylic acids is 3. The van der Waals surface area contributed by atoms with Crippen molar-refractivity contribution >= 4 is 23.5 Å². The van der Waals surface area contributed by atoms with Crippen LogP contribution in [0.5, 0.6) is 0 Å². The number of ether oxygens (including phenoxy) is 2. The summed E-state index contributed by atoms with van der Waals surface area (Å²) < 4.78 is 10.7. The summed E-state index contributed by atoms with van der Waals surface area (Å²) in [5.41, 5.74) is 1.41. The molecule has 2 rings (SSSR count). The van der Waals surface area contributed by atoms with E-state index in [2.05, 4.69) is 5.32 Å². The van der Waals surface area contributed by atoms with E-state index in [-0.39, 0.29) is 37.0 Å². The Kier molecular flexibility index (Phi) is 6.52. The molecule has 136 valence electrons. The first-order valence-corrected chi connectivity index (χ1v) is 8.29. The SMILES string of the molecule is CC(=O)Nc1ccc(CC(=O)OCC(=O)N2C[C@H](C)O[C@@H](C)C2)cc1. The molecule has 1 heterocycles. The third-order valence-corrected chi connectivity index (χ3v) is 3.75. The monoisotopic (exact) mass is 348 g/mol. The van der Waals surface area contributed by atoms with Crippen LogP contribution in [0, 0.1) is 0 Å². The van der Waals surface area contributed by atoms with Crippen LogP contribution in [0.15, 0.2) is 24.3 Å². The minimum atomic E-state index is -0.463. The second-order valence-electron chi connectivity index (χ2n) is 6.27. The maximum absolute atomic E-state index is 12.1. The fourth-order valence-electron chi connectivity index (χ4n) is 2.74. The van der Waals surface area contributed by atoms with Crippen LogP contribution in [0.25, 0.3) is 0 Å². The average molecular weight is 348 g/mol. The Hall–Kier alpha value is -2.41. The third-order valence-electron chi connectivity index (χ3n) is 3.75. The maximum atomic E-state index is 12.1. The lowest BCUT2D eigenvalue weighted by molar-refractivity contribution is -0.156. The number of esters is 1. The number of hydrogen-bond acceptors (Lipinski definition) is 5. The Morgan fingerprint density at radius 1 is 1.16 bits per heavy atom.